The Bertz CT molecular complexity index is 4370. The summed E-state index contributed by atoms with van der Waals surface area (Å²) >= 11 is 0. The highest BCUT2D eigenvalue weighted by molar-refractivity contribution is 6.28. The van der Waals surface area contributed by atoms with E-state index in [1.54, 1.807) is 0 Å². The van der Waals surface area contributed by atoms with Crippen LogP contribution in [0.15, 0.2) is 255 Å². The van der Waals surface area contributed by atoms with E-state index >= 15 is 0 Å². The molecule has 0 N–H and O–H groups in total. The van der Waals surface area contributed by atoms with E-state index in [-0.39, 0.29) is 0 Å². The van der Waals surface area contributed by atoms with E-state index in [0.29, 0.717) is 0 Å². The molecule has 0 aliphatic heterocycles. The number of aromatic nitrogens is 2. The molecule has 0 radical (unpaired) electrons. The summed E-state index contributed by atoms with van der Waals surface area (Å²) in [4.78, 5) is 0. The summed E-state index contributed by atoms with van der Waals surface area (Å²) in [5.41, 5.74) is 14.4. The summed E-state index contributed by atoms with van der Waals surface area (Å²) in [7, 11) is 0. The molecule has 0 saturated carbocycles. The van der Waals surface area contributed by atoms with Gasteiger partial charge in [-0.1, -0.05) is 212 Å². The molecule has 0 atom stereocenters. The van der Waals surface area contributed by atoms with Gasteiger partial charge in [-0.3, -0.25) is 0 Å². The second kappa shape index (κ2) is 15.1. The van der Waals surface area contributed by atoms with Crippen LogP contribution in [0, 0.1) is 0 Å². The Balaban J connectivity index is 1.11. The highest BCUT2D eigenvalue weighted by Gasteiger charge is 2.24. The number of para-hydroxylation sites is 4. The van der Waals surface area contributed by atoms with Gasteiger partial charge in [0.2, 0.25) is 0 Å². The smallest absolute Gasteiger partial charge is 0.0619 e. The fraction of sp³-hybridized carbons (Fsp3) is 0. The lowest BCUT2D eigenvalue weighted by Gasteiger charge is -2.20. The fourth-order valence-corrected chi connectivity index (χ4v) is 12.2. The molecule has 70 heavy (non-hydrogen) atoms. The van der Waals surface area contributed by atoms with Crippen molar-refractivity contribution in [3.8, 4) is 44.8 Å². The third-order valence-electron chi connectivity index (χ3n) is 15.1. The van der Waals surface area contributed by atoms with Crippen molar-refractivity contribution < 1.29 is 0 Å². The summed E-state index contributed by atoms with van der Waals surface area (Å²) in [5, 5.41) is 17.4. The van der Waals surface area contributed by atoms with Gasteiger partial charge in [-0.25, -0.2) is 0 Å². The van der Waals surface area contributed by atoms with E-state index in [0.717, 1.165) is 11.4 Å². The predicted octanol–water partition coefficient (Wildman–Crippen LogP) is 18.6. The largest absolute Gasteiger partial charge is 0.309 e. The second-order valence-corrected chi connectivity index (χ2v) is 18.7. The summed E-state index contributed by atoms with van der Waals surface area (Å²) in [6.45, 7) is 0. The Hall–Kier alpha value is -9.24. The van der Waals surface area contributed by atoms with E-state index in [4.69, 9.17) is 0 Å². The van der Waals surface area contributed by atoms with Crippen molar-refractivity contribution in [2.75, 3.05) is 0 Å². The molecular weight excluding hydrogens is 845 g/mol. The average molecular weight is 887 g/mol. The van der Waals surface area contributed by atoms with E-state index < -0.39 is 0 Å². The highest BCUT2D eigenvalue weighted by Crippen LogP contribution is 2.49. The first-order valence-corrected chi connectivity index (χ1v) is 24.3. The van der Waals surface area contributed by atoms with Crippen LogP contribution in [-0.2, 0) is 0 Å². The first-order valence-electron chi connectivity index (χ1n) is 24.3. The van der Waals surface area contributed by atoms with Gasteiger partial charge in [0.05, 0.1) is 22.1 Å². The number of nitrogens with zero attached hydrogens (tertiary/aromatic N) is 2. The minimum atomic E-state index is 1.14. The van der Waals surface area contributed by atoms with Gasteiger partial charge in [0, 0.05) is 44.0 Å². The molecule has 0 aliphatic carbocycles. The van der Waals surface area contributed by atoms with Gasteiger partial charge in [0.1, 0.15) is 0 Å². The topological polar surface area (TPSA) is 9.86 Å². The maximum absolute atomic E-state index is 2.51. The van der Waals surface area contributed by atoms with Crippen LogP contribution in [0.2, 0.25) is 0 Å². The normalized spacial score (nSPS) is 12.0. The van der Waals surface area contributed by atoms with Gasteiger partial charge in [0.25, 0.3) is 0 Å². The quantitative estimate of drug-likeness (QED) is 0.152. The lowest BCUT2D eigenvalue weighted by atomic mass is 9.84. The van der Waals surface area contributed by atoms with Crippen molar-refractivity contribution in [3.63, 3.8) is 0 Å². The number of hydrogen-bond acceptors (Lipinski definition) is 0. The third-order valence-corrected chi connectivity index (χ3v) is 15.1. The Morgan fingerprint density at radius 3 is 1.07 bits per heavy atom. The molecule has 0 fully saturated rings. The Kier molecular flexibility index (Phi) is 8.39. The van der Waals surface area contributed by atoms with Crippen molar-refractivity contribution in [2.24, 2.45) is 0 Å². The molecule has 13 aromatic carbocycles. The highest BCUT2D eigenvalue weighted by atomic mass is 15.0. The standard InChI is InChI=1S/C68H42N2/c1-3-22-46(23-4-1)69-62-40-38-44-19-8-11-27-49(44)65(62)58-36-16-34-56(67(58)69)51-29-14-32-54-60(51)42-61-52(30-15-33-55(61)64(54)53-31-13-21-43-18-7-10-26-48(43)53)57-35-17-37-59-66-50-28-12-9-20-45(50)39-41-63(66)70(68(57)59)47-24-5-2-6-25-47/h1-42H. The number of fused-ring (bicyclic) bond motifs is 13. The summed E-state index contributed by atoms with van der Waals surface area (Å²) in [6, 6.07) is 94.6. The molecule has 15 rings (SSSR count). The number of hydrogen-bond donors (Lipinski definition) is 0. The zero-order chi connectivity index (χ0) is 45.9. The molecule has 2 heteroatoms. The van der Waals surface area contributed by atoms with Gasteiger partial charge >= 0.3 is 0 Å². The minimum absolute atomic E-state index is 1.14. The van der Waals surface area contributed by atoms with E-state index in [2.05, 4.69) is 264 Å². The fourth-order valence-electron chi connectivity index (χ4n) is 12.2. The van der Waals surface area contributed by atoms with Gasteiger partial charge in [0.15, 0.2) is 0 Å². The Morgan fingerprint density at radius 1 is 0.214 bits per heavy atom. The van der Waals surface area contributed by atoms with Crippen LogP contribution in [0.25, 0.3) is 142 Å². The van der Waals surface area contributed by atoms with E-state index in [1.165, 1.54) is 131 Å². The van der Waals surface area contributed by atoms with Crippen LogP contribution in [0.4, 0.5) is 0 Å². The zero-order valence-electron chi connectivity index (χ0n) is 38.1. The van der Waals surface area contributed by atoms with Crippen LogP contribution < -0.4 is 0 Å². The third kappa shape index (κ3) is 5.56. The molecule has 2 aromatic heterocycles. The zero-order valence-corrected chi connectivity index (χ0v) is 38.1. The van der Waals surface area contributed by atoms with Crippen molar-refractivity contribution in [1.82, 2.24) is 9.13 Å². The molecule has 0 aliphatic rings. The number of rotatable bonds is 5. The van der Waals surface area contributed by atoms with Gasteiger partial charge in [-0.15, -0.1) is 0 Å². The molecule has 15 aromatic rings. The molecule has 0 unspecified atom stereocenters. The maximum atomic E-state index is 2.51. The molecule has 0 spiro atoms. The maximum Gasteiger partial charge on any atom is 0.0619 e. The Labute approximate surface area is 404 Å². The first-order chi connectivity index (χ1) is 34.8. The van der Waals surface area contributed by atoms with Crippen LogP contribution in [0.1, 0.15) is 0 Å². The van der Waals surface area contributed by atoms with Crippen molar-refractivity contribution in [1.29, 1.82) is 0 Å². The molecule has 324 valence electrons. The second-order valence-electron chi connectivity index (χ2n) is 18.7. The van der Waals surface area contributed by atoms with Crippen LogP contribution >= 0.6 is 0 Å². The minimum Gasteiger partial charge on any atom is -0.309 e. The molecule has 0 amide bonds. The van der Waals surface area contributed by atoms with Crippen LogP contribution in [-0.4, -0.2) is 9.13 Å². The van der Waals surface area contributed by atoms with Crippen molar-refractivity contribution >= 4 is 97.5 Å². The first kappa shape index (κ1) is 38.8. The van der Waals surface area contributed by atoms with E-state index in [9.17, 15) is 0 Å². The lowest BCUT2D eigenvalue weighted by molar-refractivity contribution is 1.18. The lowest BCUT2D eigenvalue weighted by Crippen LogP contribution is -1.97. The summed E-state index contributed by atoms with van der Waals surface area (Å²) in [6.07, 6.45) is 0. The Morgan fingerprint density at radius 2 is 0.571 bits per heavy atom. The number of benzene rings is 13. The SMILES string of the molecule is c1ccc(-n2c3ccc4ccccc4c3c3cccc(-c4cccc5c(-c6cccc7ccccc67)c6cccc(-c7cccc8c9c%10ccccc%10ccc9n(-c9ccccc9)c78)c6cc45)c32)cc1. The molecule has 0 bridgehead atoms. The van der Waals surface area contributed by atoms with E-state index in [1.807, 2.05) is 0 Å². The molecule has 0 saturated heterocycles. The molecule has 2 nitrogen and oxygen atoms in total. The molecule has 2 heterocycles. The van der Waals surface area contributed by atoms with Gasteiger partial charge < -0.3 is 9.13 Å². The van der Waals surface area contributed by atoms with Crippen molar-refractivity contribution in [2.45, 2.75) is 0 Å². The summed E-state index contributed by atoms with van der Waals surface area (Å²) < 4.78 is 4.99. The molecular formula is C68H42N2. The monoisotopic (exact) mass is 886 g/mol. The average Bonchev–Trinajstić information content (AvgIpc) is 3.97. The van der Waals surface area contributed by atoms with Crippen molar-refractivity contribution in [3.05, 3.63) is 255 Å². The van der Waals surface area contributed by atoms with Crippen LogP contribution in [0.3, 0.4) is 0 Å². The predicted molar refractivity (Wildman–Crippen MR) is 299 cm³/mol. The van der Waals surface area contributed by atoms with Gasteiger partial charge in [-0.2, -0.15) is 0 Å². The van der Waals surface area contributed by atoms with Crippen LogP contribution in [0.5, 0.6) is 0 Å². The van der Waals surface area contributed by atoms with Gasteiger partial charge in [-0.05, 0) is 119 Å². The summed E-state index contributed by atoms with van der Waals surface area (Å²) in [5.74, 6) is 0.